The summed E-state index contributed by atoms with van der Waals surface area (Å²) in [7, 11) is 0. The summed E-state index contributed by atoms with van der Waals surface area (Å²) in [6, 6.07) is 3.45. The van der Waals surface area contributed by atoms with E-state index in [0.29, 0.717) is 17.0 Å². The molecule has 2 N–H and O–H groups in total. The van der Waals surface area contributed by atoms with Crippen LogP contribution in [-0.4, -0.2) is 11.9 Å². The number of hydrogen-bond donors (Lipinski definition) is 1. The number of anilines is 1. The molecular weight excluding hydrogens is 178 g/mol. The minimum absolute atomic E-state index is 0.254. The van der Waals surface area contributed by atoms with E-state index < -0.39 is 0 Å². The summed E-state index contributed by atoms with van der Waals surface area (Å²) in [6.45, 7) is 3.97. The van der Waals surface area contributed by atoms with E-state index in [4.69, 9.17) is 10.5 Å². The van der Waals surface area contributed by atoms with Gasteiger partial charge in [-0.25, -0.2) is 0 Å². The van der Waals surface area contributed by atoms with Crippen LogP contribution in [0.15, 0.2) is 12.1 Å². The summed E-state index contributed by atoms with van der Waals surface area (Å²) < 4.78 is 5.68. The summed E-state index contributed by atoms with van der Waals surface area (Å²) in [5, 5.41) is 0. The summed E-state index contributed by atoms with van der Waals surface area (Å²) >= 11 is 0. The highest BCUT2D eigenvalue weighted by atomic mass is 16.5. The number of nitrogen functional groups attached to an aromatic ring is 1. The smallest absolute Gasteiger partial charge is 0.150 e. The molecule has 1 aliphatic rings. The Bertz CT molecular complexity index is 397. The fraction of sp³-hybridized carbons (Fsp3) is 0.364. The summed E-state index contributed by atoms with van der Waals surface area (Å²) in [4.78, 5) is 10.8. The van der Waals surface area contributed by atoms with Crippen LogP contribution in [0.5, 0.6) is 5.75 Å². The second-order valence-electron chi connectivity index (χ2n) is 4.21. The zero-order chi connectivity index (χ0) is 10.3. The molecule has 1 heterocycles. The number of carbonyl (C=O) groups is 1. The van der Waals surface area contributed by atoms with Gasteiger partial charge in [0, 0.05) is 17.5 Å². The molecule has 0 aromatic heterocycles. The third-order valence-electron chi connectivity index (χ3n) is 2.44. The molecule has 0 radical (unpaired) electrons. The lowest BCUT2D eigenvalue weighted by Crippen LogP contribution is -2.25. The first-order valence-electron chi connectivity index (χ1n) is 4.59. The lowest BCUT2D eigenvalue weighted by atomic mass is 9.97. The van der Waals surface area contributed by atoms with E-state index in [1.165, 1.54) is 0 Å². The molecule has 14 heavy (non-hydrogen) atoms. The normalized spacial score (nSPS) is 17.3. The molecular formula is C11H13NO2. The SMILES string of the molecule is CC1(C)Cc2c(C=O)ccc(N)c2O1. The van der Waals surface area contributed by atoms with Gasteiger partial charge in [0.15, 0.2) is 0 Å². The molecule has 1 aromatic rings. The molecule has 3 heteroatoms. The fourth-order valence-electron chi connectivity index (χ4n) is 1.81. The number of rotatable bonds is 1. The molecule has 0 fully saturated rings. The molecule has 0 saturated heterocycles. The Labute approximate surface area is 82.9 Å². The maximum Gasteiger partial charge on any atom is 0.150 e. The van der Waals surface area contributed by atoms with Crippen molar-refractivity contribution in [2.45, 2.75) is 25.9 Å². The van der Waals surface area contributed by atoms with Crippen molar-refractivity contribution in [1.82, 2.24) is 0 Å². The van der Waals surface area contributed by atoms with Crippen molar-refractivity contribution in [3.63, 3.8) is 0 Å². The van der Waals surface area contributed by atoms with Crippen LogP contribution in [0.1, 0.15) is 29.8 Å². The first-order valence-corrected chi connectivity index (χ1v) is 4.59. The molecule has 0 saturated carbocycles. The highest BCUT2D eigenvalue weighted by molar-refractivity contribution is 5.82. The second kappa shape index (κ2) is 2.74. The van der Waals surface area contributed by atoms with Gasteiger partial charge in [-0.15, -0.1) is 0 Å². The molecule has 1 aliphatic heterocycles. The quantitative estimate of drug-likeness (QED) is 0.544. The fourth-order valence-corrected chi connectivity index (χ4v) is 1.81. The number of aldehydes is 1. The van der Waals surface area contributed by atoms with E-state index in [1.54, 1.807) is 12.1 Å². The lowest BCUT2D eigenvalue weighted by molar-refractivity contribution is 0.112. The van der Waals surface area contributed by atoms with Crippen LogP contribution < -0.4 is 10.5 Å². The van der Waals surface area contributed by atoms with Crippen molar-refractivity contribution in [3.8, 4) is 5.75 Å². The van der Waals surface area contributed by atoms with E-state index in [-0.39, 0.29) is 5.60 Å². The number of fused-ring (bicyclic) bond motifs is 1. The molecule has 0 unspecified atom stereocenters. The monoisotopic (exact) mass is 191 g/mol. The van der Waals surface area contributed by atoms with E-state index in [2.05, 4.69) is 0 Å². The number of carbonyl (C=O) groups excluding carboxylic acids is 1. The van der Waals surface area contributed by atoms with Crippen molar-refractivity contribution in [1.29, 1.82) is 0 Å². The van der Waals surface area contributed by atoms with E-state index >= 15 is 0 Å². The molecule has 0 spiro atoms. The highest BCUT2D eigenvalue weighted by Gasteiger charge is 2.33. The maximum atomic E-state index is 10.8. The topological polar surface area (TPSA) is 52.3 Å². The van der Waals surface area contributed by atoms with Crippen molar-refractivity contribution in [2.75, 3.05) is 5.73 Å². The number of benzene rings is 1. The minimum Gasteiger partial charge on any atom is -0.485 e. The minimum atomic E-state index is -0.254. The molecule has 0 amide bonds. The van der Waals surface area contributed by atoms with Gasteiger partial charge < -0.3 is 10.5 Å². The van der Waals surface area contributed by atoms with Crippen LogP contribution in [0, 0.1) is 0 Å². The molecule has 74 valence electrons. The van der Waals surface area contributed by atoms with E-state index in [1.807, 2.05) is 13.8 Å². The molecule has 0 atom stereocenters. The Balaban J connectivity index is 2.58. The van der Waals surface area contributed by atoms with Crippen molar-refractivity contribution in [3.05, 3.63) is 23.3 Å². The average Bonchev–Trinajstić information content (AvgIpc) is 2.42. The van der Waals surface area contributed by atoms with Crippen LogP contribution in [0.25, 0.3) is 0 Å². The van der Waals surface area contributed by atoms with Gasteiger partial charge in [0.05, 0.1) is 5.69 Å². The van der Waals surface area contributed by atoms with Crippen LogP contribution in [0.3, 0.4) is 0 Å². The van der Waals surface area contributed by atoms with Crippen LogP contribution >= 0.6 is 0 Å². The third-order valence-corrected chi connectivity index (χ3v) is 2.44. The third kappa shape index (κ3) is 1.25. The zero-order valence-electron chi connectivity index (χ0n) is 8.33. The first kappa shape index (κ1) is 9.06. The lowest BCUT2D eigenvalue weighted by Gasteiger charge is -2.17. The Kier molecular flexibility index (Phi) is 1.77. The van der Waals surface area contributed by atoms with Gasteiger partial charge in [-0.05, 0) is 26.0 Å². The first-order chi connectivity index (χ1) is 6.53. The molecule has 0 aliphatic carbocycles. The van der Waals surface area contributed by atoms with Crippen LogP contribution in [0.4, 0.5) is 5.69 Å². The maximum absolute atomic E-state index is 10.8. The molecule has 2 rings (SSSR count). The predicted octanol–water partition coefficient (Wildman–Crippen LogP) is 1.79. The van der Waals surface area contributed by atoms with Gasteiger partial charge in [0.25, 0.3) is 0 Å². The Morgan fingerprint density at radius 1 is 1.50 bits per heavy atom. The van der Waals surface area contributed by atoms with Crippen molar-refractivity contribution in [2.24, 2.45) is 0 Å². The van der Waals surface area contributed by atoms with Gasteiger partial charge in [0.1, 0.15) is 17.6 Å². The van der Waals surface area contributed by atoms with E-state index in [0.717, 1.165) is 18.3 Å². The van der Waals surface area contributed by atoms with Gasteiger partial charge >= 0.3 is 0 Å². The largest absolute Gasteiger partial charge is 0.485 e. The Morgan fingerprint density at radius 3 is 2.86 bits per heavy atom. The zero-order valence-corrected chi connectivity index (χ0v) is 8.33. The van der Waals surface area contributed by atoms with Gasteiger partial charge in [0.2, 0.25) is 0 Å². The Morgan fingerprint density at radius 2 is 2.21 bits per heavy atom. The predicted molar refractivity (Wildman–Crippen MR) is 54.7 cm³/mol. The van der Waals surface area contributed by atoms with Crippen molar-refractivity contribution >= 4 is 12.0 Å². The number of ether oxygens (including phenoxy) is 1. The number of nitrogens with two attached hydrogens (primary N) is 1. The summed E-state index contributed by atoms with van der Waals surface area (Å²) in [6.07, 6.45) is 1.59. The van der Waals surface area contributed by atoms with Crippen molar-refractivity contribution < 1.29 is 9.53 Å². The van der Waals surface area contributed by atoms with Crippen LogP contribution in [-0.2, 0) is 6.42 Å². The van der Waals surface area contributed by atoms with Crippen LogP contribution in [0.2, 0.25) is 0 Å². The molecule has 3 nitrogen and oxygen atoms in total. The second-order valence-corrected chi connectivity index (χ2v) is 4.21. The highest BCUT2D eigenvalue weighted by Crippen LogP contribution is 2.40. The Hall–Kier alpha value is -1.51. The van der Waals surface area contributed by atoms with Gasteiger partial charge in [-0.2, -0.15) is 0 Å². The molecule has 1 aromatic carbocycles. The van der Waals surface area contributed by atoms with E-state index in [9.17, 15) is 4.79 Å². The number of hydrogen-bond acceptors (Lipinski definition) is 3. The average molecular weight is 191 g/mol. The van der Waals surface area contributed by atoms with Gasteiger partial charge in [-0.3, -0.25) is 4.79 Å². The summed E-state index contributed by atoms with van der Waals surface area (Å²) in [5.41, 5.74) is 7.74. The standard InChI is InChI=1S/C11H13NO2/c1-11(2)5-8-7(6-13)3-4-9(12)10(8)14-11/h3-4,6H,5,12H2,1-2H3. The van der Waals surface area contributed by atoms with Gasteiger partial charge in [-0.1, -0.05) is 0 Å². The summed E-state index contributed by atoms with van der Waals surface area (Å²) in [5.74, 6) is 0.680. The molecule has 0 bridgehead atoms.